The molecule has 5 nitrogen and oxygen atoms in total. The van der Waals surface area contributed by atoms with Gasteiger partial charge >= 0.3 is 0 Å². The SMILES string of the molecule is Cc1cc(Br)cc(Nc2nccc(-c3cn(C(C)C)c4cnccc34)n2)c1. The van der Waals surface area contributed by atoms with Crippen molar-refractivity contribution >= 4 is 38.5 Å². The molecule has 3 heterocycles. The first-order chi connectivity index (χ1) is 13.0. The fraction of sp³-hybridized carbons (Fsp3) is 0.190. The van der Waals surface area contributed by atoms with Crippen LogP contribution in [0, 0.1) is 6.92 Å². The van der Waals surface area contributed by atoms with Gasteiger partial charge in [0.15, 0.2) is 0 Å². The van der Waals surface area contributed by atoms with Crippen LogP contribution in [-0.4, -0.2) is 19.5 Å². The minimum Gasteiger partial charge on any atom is -0.343 e. The lowest BCUT2D eigenvalue weighted by Crippen LogP contribution is -1.99. The van der Waals surface area contributed by atoms with E-state index in [1.165, 1.54) is 0 Å². The Morgan fingerprint density at radius 2 is 1.96 bits per heavy atom. The highest BCUT2D eigenvalue weighted by atomic mass is 79.9. The number of rotatable bonds is 4. The second-order valence-corrected chi connectivity index (χ2v) is 7.76. The van der Waals surface area contributed by atoms with Gasteiger partial charge in [-0.05, 0) is 56.7 Å². The first kappa shape index (κ1) is 17.7. The van der Waals surface area contributed by atoms with Crippen LogP contribution in [0.15, 0.2) is 59.6 Å². The lowest BCUT2D eigenvalue weighted by atomic mass is 10.1. The van der Waals surface area contributed by atoms with Crippen LogP contribution in [0.1, 0.15) is 25.5 Å². The Bertz CT molecular complexity index is 1100. The van der Waals surface area contributed by atoms with E-state index in [4.69, 9.17) is 4.98 Å². The topological polar surface area (TPSA) is 55.6 Å². The molecule has 136 valence electrons. The van der Waals surface area contributed by atoms with E-state index in [2.05, 4.69) is 74.9 Å². The van der Waals surface area contributed by atoms with Gasteiger partial charge in [-0.15, -0.1) is 0 Å². The van der Waals surface area contributed by atoms with Crippen molar-refractivity contribution < 1.29 is 0 Å². The first-order valence-electron chi connectivity index (χ1n) is 8.83. The Balaban J connectivity index is 1.76. The van der Waals surface area contributed by atoms with Gasteiger partial charge in [0, 0.05) is 45.7 Å². The molecule has 0 radical (unpaired) electrons. The number of fused-ring (bicyclic) bond motifs is 1. The highest BCUT2D eigenvalue weighted by molar-refractivity contribution is 9.10. The van der Waals surface area contributed by atoms with Gasteiger partial charge in [-0.3, -0.25) is 4.98 Å². The van der Waals surface area contributed by atoms with E-state index in [1.54, 1.807) is 6.20 Å². The number of benzene rings is 1. The molecule has 0 fully saturated rings. The minimum absolute atomic E-state index is 0.342. The van der Waals surface area contributed by atoms with E-state index >= 15 is 0 Å². The number of nitrogens with zero attached hydrogens (tertiary/aromatic N) is 4. The maximum atomic E-state index is 4.75. The Labute approximate surface area is 166 Å². The number of halogens is 1. The monoisotopic (exact) mass is 421 g/mol. The molecule has 0 aliphatic carbocycles. The van der Waals surface area contributed by atoms with Crippen molar-refractivity contribution in [2.75, 3.05) is 5.32 Å². The number of hydrogen-bond donors (Lipinski definition) is 1. The van der Waals surface area contributed by atoms with Gasteiger partial charge < -0.3 is 9.88 Å². The molecule has 0 amide bonds. The summed E-state index contributed by atoms with van der Waals surface area (Å²) in [5.41, 5.74) is 5.19. The third-order valence-corrected chi connectivity index (χ3v) is 4.88. The summed E-state index contributed by atoms with van der Waals surface area (Å²) in [5, 5.41) is 4.44. The zero-order valence-electron chi connectivity index (χ0n) is 15.4. The van der Waals surface area contributed by atoms with Crippen LogP contribution in [0.25, 0.3) is 22.2 Å². The fourth-order valence-corrected chi connectivity index (χ4v) is 3.84. The van der Waals surface area contributed by atoms with Crippen molar-refractivity contribution in [1.82, 2.24) is 19.5 Å². The number of aromatic nitrogens is 4. The normalized spacial score (nSPS) is 11.3. The maximum Gasteiger partial charge on any atom is 0.227 e. The quantitative estimate of drug-likeness (QED) is 0.446. The Morgan fingerprint density at radius 3 is 2.74 bits per heavy atom. The van der Waals surface area contributed by atoms with Gasteiger partial charge in [0.25, 0.3) is 0 Å². The van der Waals surface area contributed by atoms with Crippen molar-refractivity contribution in [3.63, 3.8) is 0 Å². The number of nitrogens with one attached hydrogen (secondary N) is 1. The second kappa shape index (κ2) is 7.12. The Hall–Kier alpha value is -2.73. The van der Waals surface area contributed by atoms with Crippen LogP contribution >= 0.6 is 15.9 Å². The molecule has 0 aliphatic heterocycles. The zero-order valence-corrected chi connectivity index (χ0v) is 17.0. The van der Waals surface area contributed by atoms with Gasteiger partial charge in [0.05, 0.1) is 17.4 Å². The third-order valence-electron chi connectivity index (χ3n) is 4.42. The van der Waals surface area contributed by atoms with Gasteiger partial charge in [0.1, 0.15) is 0 Å². The summed E-state index contributed by atoms with van der Waals surface area (Å²) in [6, 6.07) is 10.5. The lowest BCUT2D eigenvalue weighted by Gasteiger charge is -2.08. The molecule has 0 spiro atoms. The van der Waals surface area contributed by atoms with Crippen LogP contribution in [-0.2, 0) is 0 Å². The Morgan fingerprint density at radius 1 is 1.11 bits per heavy atom. The lowest BCUT2D eigenvalue weighted by molar-refractivity contribution is 0.622. The van der Waals surface area contributed by atoms with E-state index in [9.17, 15) is 0 Å². The summed E-state index contributed by atoms with van der Waals surface area (Å²) in [6.45, 7) is 6.39. The van der Waals surface area contributed by atoms with E-state index in [0.29, 0.717) is 12.0 Å². The molecular formula is C21H20BrN5. The summed E-state index contributed by atoms with van der Waals surface area (Å²) in [5.74, 6) is 0.574. The van der Waals surface area contributed by atoms with E-state index < -0.39 is 0 Å². The molecule has 0 saturated carbocycles. The van der Waals surface area contributed by atoms with Gasteiger partial charge in [-0.2, -0.15) is 0 Å². The predicted molar refractivity (Wildman–Crippen MR) is 113 cm³/mol. The van der Waals surface area contributed by atoms with Crippen LogP contribution in [0.4, 0.5) is 11.6 Å². The Kier molecular flexibility index (Phi) is 4.66. The summed E-state index contributed by atoms with van der Waals surface area (Å²) in [6.07, 6.45) is 7.66. The van der Waals surface area contributed by atoms with Crippen molar-refractivity contribution in [3.05, 3.63) is 65.2 Å². The van der Waals surface area contributed by atoms with Crippen LogP contribution in [0.2, 0.25) is 0 Å². The molecule has 4 rings (SSSR count). The molecule has 0 unspecified atom stereocenters. The molecule has 1 aromatic carbocycles. The molecule has 0 saturated heterocycles. The molecule has 27 heavy (non-hydrogen) atoms. The molecule has 0 atom stereocenters. The van der Waals surface area contributed by atoms with Gasteiger partial charge in [0.2, 0.25) is 5.95 Å². The number of hydrogen-bond acceptors (Lipinski definition) is 4. The standard InChI is InChI=1S/C21H20BrN5/c1-13(2)27-12-18(17-4-6-23-11-20(17)27)19-5-7-24-21(26-19)25-16-9-14(3)8-15(22)10-16/h4-13H,1-3H3,(H,24,25,26). The largest absolute Gasteiger partial charge is 0.343 e. The fourth-order valence-electron chi connectivity index (χ4n) is 3.24. The van der Waals surface area contributed by atoms with Crippen molar-refractivity contribution in [3.8, 4) is 11.3 Å². The average Bonchev–Trinajstić information content (AvgIpc) is 3.01. The smallest absolute Gasteiger partial charge is 0.227 e. The third kappa shape index (κ3) is 3.57. The van der Waals surface area contributed by atoms with Crippen LogP contribution in [0.3, 0.4) is 0 Å². The summed E-state index contributed by atoms with van der Waals surface area (Å²) in [4.78, 5) is 13.4. The van der Waals surface area contributed by atoms with Crippen molar-refractivity contribution in [2.24, 2.45) is 0 Å². The summed E-state index contributed by atoms with van der Waals surface area (Å²) >= 11 is 3.53. The second-order valence-electron chi connectivity index (χ2n) is 6.84. The van der Waals surface area contributed by atoms with Crippen LogP contribution < -0.4 is 5.32 Å². The minimum atomic E-state index is 0.342. The highest BCUT2D eigenvalue weighted by Gasteiger charge is 2.14. The van der Waals surface area contributed by atoms with Gasteiger partial charge in [-0.25, -0.2) is 9.97 Å². The molecule has 3 aromatic heterocycles. The zero-order chi connectivity index (χ0) is 19.0. The highest BCUT2D eigenvalue weighted by Crippen LogP contribution is 2.31. The van der Waals surface area contributed by atoms with E-state index in [1.807, 2.05) is 30.6 Å². The average molecular weight is 422 g/mol. The number of anilines is 2. The molecule has 0 bridgehead atoms. The summed E-state index contributed by atoms with van der Waals surface area (Å²) in [7, 11) is 0. The first-order valence-corrected chi connectivity index (χ1v) is 9.63. The maximum absolute atomic E-state index is 4.75. The molecular weight excluding hydrogens is 402 g/mol. The molecule has 1 N–H and O–H groups in total. The number of aryl methyl sites for hydroxylation is 1. The van der Waals surface area contributed by atoms with Gasteiger partial charge in [-0.1, -0.05) is 15.9 Å². The van der Waals surface area contributed by atoms with E-state index in [-0.39, 0.29) is 0 Å². The van der Waals surface area contributed by atoms with Crippen molar-refractivity contribution in [2.45, 2.75) is 26.8 Å². The molecule has 4 aromatic rings. The molecule has 6 heteroatoms. The summed E-state index contributed by atoms with van der Waals surface area (Å²) < 4.78 is 3.25. The number of pyridine rings is 1. The van der Waals surface area contributed by atoms with Crippen molar-refractivity contribution in [1.29, 1.82) is 0 Å². The van der Waals surface area contributed by atoms with E-state index in [0.717, 1.165) is 37.9 Å². The predicted octanol–water partition coefficient (Wildman–Crippen LogP) is 5.89. The van der Waals surface area contributed by atoms with Crippen LogP contribution in [0.5, 0.6) is 0 Å². The molecule has 0 aliphatic rings.